The molecule has 0 fully saturated rings. The van der Waals surface area contributed by atoms with Crippen molar-refractivity contribution in [2.24, 2.45) is 0 Å². The first-order valence-corrected chi connectivity index (χ1v) is 11.1. The summed E-state index contributed by atoms with van der Waals surface area (Å²) in [6, 6.07) is 33.3. The van der Waals surface area contributed by atoms with Crippen LogP contribution in [0.15, 0.2) is 103 Å². The first kappa shape index (κ1) is 17.6. The van der Waals surface area contributed by atoms with Crippen LogP contribution in [0.1, 0.15) is 19.8 Å². The normalized spacial score (nSPS) is 11.7. The van der Waals surface area contributed by atoms with Crippen LogP contribution in [0.25, 0.3) is 0 Å². The summed E-state index contributed by atoms with van der Waals surface area (Å²) in [4.78, 5) is 0. The fraction of sp³-hybridized carbons (Fsp3) is 0.167. The molecule has 0 amide bonds. The molecule has 0 N–H and O–H groups in total. The summed E-state index contributed by atoms with van der Waals surface area (Å²) in [5.74, 6) is 0. The Morgan fingerprint density at radius 2 is 1.00 bits per heavy atom. The largest absolute Gasteiger partial charge is 0.112 e. The van der Waals surface area contributed by atoms with Gasteiger partial charge >= 0.3 is 0 Å². The third-order valence-electron chi connectivity index (χ3n) is 4.62. The van der Waals surface area contributed by atoms with Gasteiger partial charge < -0.3 is 0 Å². The molecule has 0 atom stereocenters. The van der Waals surface area contributed by atoms with E-state index in [1.54, 1.807) is 0 Å². The van der Waals surface area contributed by atoms with Crippen molar-refractivity contribution in [3.8, 4) is 0 Å². The number of allylic oxidation sites excluding steroid dienone is 2. The van der Waals surface area contributed by atoms with E-state index in [1.165, 1.54) is 22.1 Å². The molecule has 25 heavy (non-hydrogen) atoms. The van der Waals surface area contributed by atoms with Gasteiger partial charge in [0.2, 0.25) is 0 Å². The molecule has 0 unspecified atom stereocenters. The molecule has 0 spiro atoms. The lowest BCUT2D eigenvalue weighted by Gasteiger charge is -2.27. The Hall–Kier alpha value is -2.17. The van der Waals surface area contributed by atoms with Gasteiger partial charge in [-0.05, 0) is 42.8 Å². The van der Waals surface area contributed by atoms with E-state index in [2.05, 4.69) is 110 Å². The summed E-state index contributed by atoms with van der Waals surface area (Å²) in [5.41, 5.74) is 0. The molecule has 0 saturated carbocycles. The van der Waals surface area contributed by atoms with Crippen molar-refractivity contribution in [2.75, 3.05) is 6.16 Å². The zero-order valence-corrected chi connectivity index (χ0v) is 15.8. The van der Waals surface area contributed by atoms with Crippen molar-refractivity contribution >= 4 is 23.2 Å². The van der Waals surface area contributed by atoms with Gasteiger partial charge in [0, 0.05) is 6.42 Å². The fourth-order valence-electron chi connectivity index (χ4n) is 3.43. The maximum atomic E-state index is 2.35. The monoisotopic (exact) mass is 345 g/mol. The van der Waals surface area contributed by atoms with Crippen molar-refractivity contribution in [2.45, 2.75) is 19.8 Å². The van der Waals surface area contributed by atoms with Gasteiger partial charge in [0.05, 0.1) is 6.16 Å². The van der Waals surface area contributed by atoms with Gasteiger partial charge in [0.15, 0.2) is 0 Å². The van der Waals surface area contributed by atoms with Gasteiger partial charge in [-0.25, -0.2) is 0 Å². The highest BCUT2D eigenvalue weighted by molar-refractivity contribution is 7.95. The minimum atomic E-state index is -1.64. The Morgan fingerprint density at radius 3 is 1.36 bits per heavy atom. The topological polar surface area (TPSA) is 0 Å². The summed E-state index contributed by atoms with van der Waals surface area (Å²) in [5, 5.41) is 4.41. The SMILES string of the molecule is CCC=CCC[P+](c1ccccc1)(c1ccccc1)c1ccccc1. The van der Waals surface area contributed by atoms with E-state index in [9.17, 15) is 0 Å². The van der Waals surface area contributed by atoms with Gasteiger partial charge in [-0.15, -0.1) is 0 Å². The van der Waals surface area contributed by atoms with Crippen LogP contribution in [0.5, 0.6) is 0 Å². The van der Waals surface area contributed by atoms with Crippen LogP contribution in [0, 0.1) is 0 Å². The van der Waals surface area contributed by atoms with Crippen molar-refractivity contribution in [1.82, 2.24) is 0 Å². The highest BCUT2D eigenvalue weighted by atomic mass is 31.2. The molecule has 3 rings (SSSR count). The molecule has 0 aliphatic carbocycles. The molecule has 3 aromatic carbocycles. The third-order valence-corrected chi connectivity index (χ3v) is 9.09. The molecule has 3 aromatic rings. The minimum Gasteiger partial charge on any atom is -0.0887 e. The lowest BCUT2D eigenvalue weighted by molar-refractivity contribution is 1.16. The highest BCUT2D eigenvalue weighted by Crippen LogP contribution is 2.55. The van der Waals surface area contributed by atoms with Crippen LogP contribution in [0.3, 0.4) is 0 Å². The van der Waals surface area contributed by atoms with E-state index in [1.807, 2.05) is 0 Å². The van der Waals surface area contributed by atoms with E-state index in [-0.39, 0.29) is 0 Å². The average Bonchev–Trinajstić information content (AvgIpc) is 2.70. The minimum absolute atomic E-state index is 1.10. The molecule has 1 heteroatoms. The molecule has 0 aliphatic rings. The van der Waals surface area contributed by atoms with E-state index in [0.717, 1.165) is 12.8 Å². The zero-order chi connectivity index (χ0) is 17.4. The molecule has 0 nitrogen and oxygen atoms in total. The molecule has 0 bridgehead atoms. The number of benzene rings is 3. The molecule has 126 valence electrons. The predicted octanol–water partition coefficient (Wildman–Crippen LogP) is 5.34. The maximum Gasteiger partial charge on any atom is 0.112 e. The molecular weight excluding hydrogens is 319 g/mol. The molecule has 0 aliphatic heterocycles. The van der Waals surface area contributed by atoms with Gasteiger partial charge in [0.25, 0.3) is 0 Å². The fourth-order valence-corrected chi connectivity index (χ4v) is 7.68. The van der Waals surface area contributed by atoms with Crippen LogP contribution in [0.2, 0.25) is 0 Å². The van der Waals surface area contributed by atoms with Crippen LogP contribution in [-0.2, 0) is 0 Å². The van der Waals surface area contributed by atoms with Gasteiger partial charge in [-0.1, -0.05) is 73.7 Å². The first-order valence-electron chi connectivity index (χ1n) is 9.08. The second-order valence-corrected chi connectivity index (χ2v) is 9.82. The van der Waals surface area contributed by atoms with E-state index in [4.69, 9.17) is 0 Å². The summed E-state index contributed by atoms with van der Waals surface area (Å²) >= 11 is 0. The Balaban J connectivity index is 2.18. The van der Waals surface area contributed by atoms with Crippen molar-refractivity contribution < 1.29 is 0 Å². The second kappa shape index (κ2) is 8.79. The lowest BCUT2D eigenvalue weighted by Crippen LogP contribution is -2.33. The van der Waals surface area contributed by atoms with E-state index >= 15 is 0 Å². The number of hydrogen-bond donors (Lipinski definition) is 0. The van der Waals surface area contributed by atoms with Crippen LogP contribution in [-0.4, -0.2) is 6.16 Å². The smallest absolute Gasteiger partial charge is 0.0887 e. The van der Waals surface area contributed by atoms with Crippen molar-refractivity contribution in [3.05, 3.63) is 103 Å². The van der Waals surface area contributed by atoms with Crippen molar-refractivity contribution in [3.63, 3.8) is 0 Å². The van der Waals surface area contributed by atoms with E-state index in [0.29, 0.717) is 0 Å². The number of rotatable bonds is 7. The molecule has 0 radical (unpaired) electrons. The van der Waals surface area contributed by atoms with Gasteiger partial charge in [-0.3, -0.25) is 0 Å². The first-order chi connectivity index (χ1) is 12.4. The van der Waals surface area contributed by atoms with Crippen LogP contribution >= 0.6 is 7.26 Å². The second-order valence-electron chi connectivity index (χ2n) is 6.21. The van der Waals surface area contributed by atoms with Gasteiger partial charge in [0.1, 0.15) is 23.2 Å². The Kier molecular flexibility index (Phi) is 6.20. The van der Waals surface area contributed by atoms with Crippen LogP contribution < -0.4 is 15.9 Å². The lowest BCUT2D eigenvalue weighted by atomic mass is 10.3. The zero-order valence-electron chi connectivity index (χ0n) is 14.9. The summed E-state index contributed by atoms with van der Waals surface area (Å²) < 4.78 is 0. The Bertz CT molecular complexity index is 679. The summed E-state index contributed by atoms with van der Waals surface area (Å²) in [7, 11) is -1.64. The summed E-state index contributed by atoms with van der Waals surface area (Å²) in [6.45, 7) is 2.20. The average molecular weight is 345 g/mol. The summed E-state index contributed by atoms with van der Waals surface area (Å²) in [6.07, 6.45) is 8.02. The molecule has 0 heterocycles. The van der Waals surface area contributed by atoms with Crippen molar-refractivity contribution in [1.29, 1.82) is 0 Å². The third kappa shape index (κ3) is 3.91. The Labute approximate surface area is 152 Å². The Morgan fingerprint density at radius 1 is 0.600 bits per heavy atom. The quantitative estimate of drug-likeness (QED) is 0.401. The molecular formula is C24H26P+. The van der Waals surface area contributed by atoms with Crippen LogP contribution in [0.4, 0.5) is 0 Å². The molecule has 0 saturated heterocycles. The highest BCUT2D eigenvalue weighted by Gasteiger charge is 2.44. The predicted molar refractivity (Wildman–Crippen MR) is 114 cm³/mol. The number of hydrogen-bond acceptors (Lipinski definition) is 0. The van der Waals surface area contributed by atoms with E-state index < -0.39 is 7.26 Å². The standard InChI is InChI=1S/C24H26P/c1-2-3-4-14-21-25(22-15-8-5-9-16-22,23-17-10-6-11-18-23)24-19-12-7-13-20-24/h3-13,15-20H,2,14,21H2,1H3/q+1. The maximum absolute atomic E-state index is 2.35. The molecule has 0 aromatic heterocycles. The van der Waals surface area contributed by atoms with Gasteiger partial charge in [-0.2, -0.15) is 0 Å².